The van der Waals surface area contributed by atoms with Crippen LogP contribution in [0.4, 0.5) is 0 Å². The van der Waals surface area contributed by atoms with Crippen LogP contribution in [0.1, 0.15) is 52.2 Å². The van der Waals surface area contributed by atoms with Gasteiger partial charge in [0.2, 0.25) is 6.41 Å². The molecule has 0 saturated carbocycles. The lowest BCUT2D eigenvalue weighted by Crippen LogP contribution is -2.19. The summed E-state index contributed by atoms with van der Waals surface area (Å²) in [5, 5.41) is 16.5. The van der Waals surface area contributed by atoms with Crippen molar-refractivity contribution in [3.05, 3.63) is 35.4 Å². The second kappa shape index (κ2) is 27.9. The highest BCUT2D eigenvalue weighted by molar-refractivity contribution is 5.46. The van der Waals surface area contributed by atoms with Crippen molar-refractivity contribution < 1.29 is 15.0 Å². The maximum atomic E-state index is 9.50. The summed E-state index contributed by atoms with van der Waals surface area (Å²) >= 11 is 0. The molecule has 4 heteroatoms. The van der Waals surface area contributed by atoms with E-state index >= 15 is 0 Å². The molecule has 4 nitrogen and oxygen atoms in total. The van der Waals surface area contributed by atoms with Crippen LogP contribution in [0.25, 0.3) is 0 Å². The minimum absolute atomic E-state index is 0.280. The van der Waals surface area contributed by atoms with E-state index in [4.69, 9.17) is 10.2 Å². The molecule has 0 aliphatic rings. The third-order valence-electron chi connectivity index (χ3n) is 2.18. The van der Waals surface area contributed by atoms with Gasteiger partial charge in [-0.2, -0.15) is 0 Å². The monoisotopic (exact) mass is 315 g/mol. The number of amides is 1. The fourth-order valence-electron chi connectivity index (χ4n) is 1.30. The van der Waals surface area contributed by atoms with Crippen molar-refractivity contribution in [1.29, 1.82) is 0 Å². The molecule has 0 aliphatic carbocycles. The maximum Gasteiger partial charge on any atom is 0.207 e. The van der Waals surface area contributed by atoms with Crippen LogP contribution >= 0.6 is 0 Å². The fraction of sp³-hybridized carbons (Fsp3) is 0.611. The minimum atomic E-state index is 0.280. The topological polar surface area (TPSA) is 69.6 Å². The highest BCUT2D eigenvalue weighted by atomic mass is 16.2. The predicted molar refractivity (Wildman–Crippen MR) is 97.1 cm³/mol. The van der Waals surface area contributed by atoms with Crippen LogP contribution in [0.5, 0.6) is 0 Å². The first-order valence-electron chi connectivity index (χ1n) is 7.75. The molecular weight excluding hydrogens is 278 g/mol. The molecule has 3 N–H and O–H groups in total. The van der Waals surface area contributed by atoms with Gasteiger partial charge < -0.3 is 15.5 Å². The number of benzene rings is 1. The number of aliphatic hydroxyl groups is 2. The average Bonchev–Trinajstić information content (AvgIpc) is 2.56. The quantitative estimate of drug-likeness (QED) is 0.746. The fourth-order valence-corrected chi connectivity index (χ4v) is 1.30. The van der Waals surface area contributed by atoms with E-state index in [9.17, 15) is 4.79 Å². The molecule has 0 saturated heterocycles. The highest BCUT2D eigenvalue weighted by Gasteiger charge is 1.92. The third-order valence-corrected chi connectivity index (χ3v) is 2.18. The van der Waals surface area contributed by atoms with Crippen LogP contribution in [0.2, 0.25) is 0 Å². The van der Waals surface area contributed by atoms with Crippen LogP contribution in [-0.4, -0.2) is 36.9 Å². The number of aliphatic hydroxyl groups excluding tert-OH is 2. The van der Waals surface area contributed by atoms with E-state index in [-0.39, 0.29) is 6.04 Å². The first-order valence-corrected chi connectivity index (χ1v) is 7.75. The van der Waals surface area contributed by atoms with E-state index < -0.39 is 0 Å². The van der Waals surface area contributed by atoms with Gasteiger partial charge in [0.15, 0.2) is 0 Å². The molecule has 0 heterocycles. The summed E-state index contributed by atoms with van der Waals surface area (Å²) in [4.78, 5) is 9.50. The normalized spacial score (nSPS) is 7.59. The first-order chi connectivity index (χ1) is 10.6. The molecule has 0 atom stereocenters. The number of aryl methyl sites for hydroxylation is 2. The Bertz CT molecular complexity index is 302. The van der Waals surface area contributed by atoms with Gasteiger partial charge in [0.25, 0.3) is 0 Å². The van der Waals surface area contributed by atoms with E-state index in [1.54, 1.807) is 0 Å². The molecule has 0 unspecified atom stereocenters. The van der Waals surface area contributed by atoms with Crippen molar-refractivity contribution >= 4 is 6.41 Å². The lowest BCUT2D eigenvalue weighted by Gasteiger charge is -2.01. The Morgan fingerprint density at radius 2 is 1.55 bits per heavy atom. The second-order valence-electron chi connectivity index (χ2n) is 4.12. The van der Waals surface area contributed by atoms with Gasteiger partial charge in [-0.25, -0.2) is 0 Å². The largest absolute Gasteiger partial charge is 0.400 e. The summed E-state index contributed by atoms with van der Waals surface area (Å²) in [6.45, 7) is 12.2. The van der Waals surface area contributed by atoms with Gasteiger partial charge >= 0.3 is 0 Å². The number of carbonyl (C=O) groups is 1. The zero-order valence-electron chi connectivity index (χ0n) is 15.7. The average molecular weight is 315 g/mol. The maximum absolute atomic E-state index is 9.50. The molecule has 0 aliphatic heterocycles. The van der Waals surface area contributed by atoms with Crippen LogP contribution in [-0.2, 0) is 11.2 Å². The van der Waals surface area contributed by atoms with E-state index in [1.165, 1.54) is 24.0 Å². The molecule has 0 fully saturated rings. The van der Waals surface area contributed by atoms with Crippen molar-refractivity contribution in [2.24, 2.45) is 0 Å². The molecule has 1 aromatic carbocycles. The van der Waals surface area contributed by atoms with Crippen molar-refractivity contribution in [1.82, 2.24) is 5.32 Å². The standard InChI is InChI=1S/C10H14.C4H9NO.C2H6.2CH4O/c1-3-6-10-8-5-4-7-9(10)2;1-4(2)5-3-6;3*1-2/h4-5,7-8H,3,6H2,1-2H3;3-4H,1-2H3,(H,5,6);1-2H3;2*2H,1H3. The first kappa shape index (κ1) is 28.7. The van der Waals surface area contributed by atoms with Crippen LogP contribution < -0.4 is 5.32 Å². The zero-order valence-corrected chi connectivity index (χ0v) is 15.7. The lowest BCUT2D eigenvalue weighted by atomic mass is 10.1. The summed E-state index contributed by atoms with van der Waals surface area (Å²) < 4.78 is 0. The number of hydrogen-bond donors (Lipinski definition) is 3. The molecule has 22 heavy (non-hydrogen) atoms. The Morgan fingerprint density at radius 3 is 1.82 bits per heavy atom. The van der Waals surface area contributed by atoms with E-state index in [2.05, 4.69) is 43.4 Å². The Hall–Kier alpha value is -1.39. The Labute approximate surface area is 137 Å². The molecule has 132 valence electrons. The summed E-state index contributed by atoms with van der Waals surface area (Å²) in [7, 11) is 2.00. The number of hydrogen-bond acceptors (Lipinski definition) is 3. The minimum Gasteiger partial charge on any atom is -0.400 e. The van der Waals surface area contributed by atoms with Gasteiger partial charge in [-0.1, -0.05) is 51.5 Å². The van der Waals surface area contributed by atoms with Crippen LogP contribution in [0.3, 0.4) is 0 Å². The lowest BCUT2D eigenvalue weighted by molar-refractivity contribution is -0.109. The molecule has 0 radical (unpaired) electrons. The number of nitrogens with one attached hydrogen (secondary N) is 1. The van der Waals surface area contributed by atoms with E-state index in [1.807, 2.05) is 27.7 Å². The van der Waals surface area contributed by atoms with Gasteiger partial charge in [-0.05, 0) is 38.3 Å². The van der Waals surface area contributed by atoms with E-state index in [0.29, 0.717) is 6.41 Å². The third kappa shape index (κ3) is 23.7. The second-order valence-corrected chi connectivity index (χ2v) is 4.12. The van der Waals surface area contributed by atoms with Crippen LogP contribution in [0, 0.1) is 6.92 Å². The van der Waals surface area contributed by atoms with Crippen LogP contribution in [0.15, 0.2) is 24.3 Å². The number of carbonyl (C=O) groups excluding carboxylic acids is 1. The molecular formula is C18H37NO3. The Kier molecular flexibility index (Phi) is 36.4. The molecule has 0 spiro atoms. The molecule has 0 aromatic heterocycles. The predicted octanol–water partition coefficient (Wildman–Crippen LogP) is 3.33. The Morgan fingerprint density at radius 1 is 1.09 bits per heavy atom. The Balaban J connectivity index is -0.000000117. The highest BCUT2D eigenvalue weighted by Crippen LogP contribution is 2.08. The van der Waals surface area contributed by atoms with Gasteiger partial charge in [-0.3, -0.25) is 4.79 Å². The number of rotatable bonds is 4. The van der Waals surface area contributed by atoms with Gasteiger partial charge in [0.1, 0.15) is 0 Å². The summed E-state index contributed by atoms with van der Waals surface area (Å²) in [6.07, 6.45) is 3.15. The van der Waals surface area contributed by atoms with Crippen molar-refractivity contribution in [3.63, 3.8) is 0 Å². The van der Waals surface area contributed by atoms with Gasteiger partial charge in [0, 0.05) is 20.3 Å². The molecule has 1 amide bonds. The summed E-state index contributed by atoms with van der Waals surface area (Å²) in [5.41, 5.74) is 2.91. The zero-order chi connectivity index (χ0) is 18.4. The van der Waals surface area contributed by atoms with Crippen molar-refractivity contribution in [2.45, 2.75) is 60.4 Å². The van der Waals surface area contributed by atoms with Gasteiger partial charge in [-0.15, -0.1) is 0 Å². The van der Waals surface area contributed by atoms with Crippen molar-refractivity contribution in [3.8, 4) is 0 Å². The van der Waals surface area contributed by atoms with Crippen molar-refractivity contribution in [2.75, 3.05) is 14.2 Å². The SMILES string of the molecule is CC.CC(C)NC=O.CCCc1ccccc1C.CO.CO. The van der Waals surface area contributed by atoms with Gasteiger partial charge in [0.05, 0.1) is 0 Å². The summed E-state index contributed by atoms with van der Waals surface area (Å²) in [5.74, 6) is 0. The smallest absolute Gasteiger partial charge is 0.207 e. The van der Waals surface area contributed by atoms with E-state index in [0.717, 1.165) is 14.2 Å². The molecule has 1 aromatic rings. The summed E-state index contributed by atoms with van der Waals surface area (Å²) in [6, 6.07) is 8.86. The molecule has 0 bridgehead atoms. The molecule has 1 rings (SSSR count).